The molecule has 1 aromatic rings. The van der Waals surface area contributed by atoms with Gasteiger partial charge in [-0.2, -0.15) is 4.31 Å². The molecule has 1 atom stereocenters. The summed E-state index contributed by atoms with van der Waals surface area (Å²) >= 11 is 5.48. The van der Waals surface area contributed by atoms with Crippen LogP contribution in [0.5, 0.6) is 5.75 Å². The number of halogens is 1. The average molecular weight is 498 g/mol. The molecule has 1 rings (SSSR count). The van der Waals surface area contributed by atoms with E-state index in [1.54, 1.807) is 20.8 Å². The molecule has 8 nitrogen and oxygen atoms in total. The zero-order valence-corrected chi connectivity index (χ0v) is 21.3. The largest absolute Gasteiger partial charge is 0.481 e. The zero-order valence-electron chi connectivity index (χ0n) is 19.7. The number of benzene rings is 1. The third-order valence-electron chi connectivity index (χ3n) is 4.85. The molecule has 10 heteroatoms. The molecule has 0 saturated carbocycles. The van der Waals surface area contributed by atoms with Gasteiger partial charge in [0.25, 0.3) is 5.91 Å². The van der Waals surface area contributed by atoms with Crippen molar-refractivity contribution in [2.75, 3.05) is 32.8 Å². The molecule has 0 bridgehead atoms. The van der Waals surface area contributed by atoms with Gasteiger partial charge in [-0.1, -0.05) is 45.5 Å². The highest BCUT2D eigenvalue weighted by Gasteiger charge is 2.39. The van der Waals surface area contributed by atoms with E-state index in [2.05, 4.69) is 28.6 Å². The lowest BCUT2D eigenvalue weighted by molar-refractivity contribution is -0.151. The van der Waals surface area contributed by atoms with Crippen LogP contribution in [0, 0.1) is 29.6 Å². The van der Waals surface area contributed by atoms with Crippen LogP contribution in [0.15, 0.2) is 29.2 Å². The molecule has 1 amide bonds. The second-order valence-corrected chi connectivity index (χ2v) is 9.55. The first kappa shape index (κ1) is 28.8. The number of nitrogens with zero attached hydrogens (tertiary/aromatic N) is 3. The molecule has 0 aromatic heterocycles. The van der Waals surface area contributed by atoms with E-state index in [4.69, 9.17) is 16.5 Å². The van der Waals surface area contributed by atoms with E-state index in [-0.39, 0.29) is 22.6 Å². The highest BCUT2D eigenvalue weighted by Crippen LogP contribution is 2.25. The van der Waals surface area contributed by atoms with Crippen LogP contribution in [-0.4, -0.2) is 72.1 Å². The minimum atomic E-state index is -4.16. The van der Waals surface area contributed by atoms with E-state index >= 15 is 0 Å². The SMILES string of the molecule is CC#CCOc1ccc(S(=O)(=O)N(CC#CCN(CC)CC)C(C(=O)N(O)Cl)C(C)C)cc1. The van der Waals surface area contributed by atoms with E-state index in [1.165, 1.54) is 24.3 Å². The van der Waals surface area contributed by atoms with Crippen molar-refractivity contribution < 1.29 is 23.2 Å². The van der Waals surface area contributed by atoms with Gasteiger partial charge in [0.1, 0.15) is 18.4 Å². The summed E-state index contributed by atoms with van der Waals surface area (Å²) in [5.41, 5.74) is 0. The van der Waals surface area contributed by atoms with Gasteiger partial charge in [-0.3, -0.25) is 14.9 Å². The number of hydrogen-bond donors (Lipinski definition) is 1. The Bertz CT molecular complexity index is 985. The molecule has 0 spiro atoms. The first-order valence-corrected chi connectivity index (χ1v) is 12.4. The van der Waals surface area contributed by atoms with Crippen LogP contribution < -0.4 is 4.74 Å². The molecule has 0 aliphatic rings. The summed E-state index contributed by atoms with van der Waals surface area (Å²) in [4.78, 5) is 14.6. The topological polar surface area (TPSA) is 90.4 Å². The smallest absolute Gasteiger partial charge is 0.280 e. The van der Waals surface area contributed by atoms with Crippen molar-refractivity contribution in [3.63, 3.8) is 0 Å². The van der Waals surface area contributed by atoms with E-state index < -0.39 is 27.9 Å². The fourth-order valence-electron chi connectivity index (χ4n) is 2.97. The Balaban J connectivity index is 3.33. The molecule has 0 saturated heterocycles. The number of carbonyl (C=O) groups is 1. The standard InChI is InChI=1S/C23H32ClN3O5S/c1-6-9-18-32-20-12-14-21(15-13-20)33(30,31)26(17-11-10-16-25(7-2)8-3)22(19(4)5)23(28)27(24)29/h12-15,19,22,29H,7-8,16-18H2,1-5H3. The quantitative estimate of drug-likeness (QED) is 0.219. The number of rotatable bonds is 11. The molecule has 1 aromatic carbocycles. The lowest BCUT2D eigenvalue weighted by atomic mass is 10.0. The summed E-state index contributed by atoms with van der Waals surface area (Å²) in [5, 5.41) is 9.53. The van der Waals surface area contributed by atoms with Gasteiger partial charge in [-0.15, -0.1) is 10.5 Å². The van der Waals surface area contributed by atoms with Gasteiger partial charge in [0.05, 0.1) is 18.0 Å². The first-order valence-electron chi connectivity index (χ1n) is 10.6. The number of sulfonamides is 1. The van der Waals surface area contributed by atoms with Crippen molar-refractivity contribution in [2.45, 2.75) is 45.6 Å². The predicted molar refractivity (Wildman–Crippen MR) is 128 cm³/mol. The van der Waals surface area contributed by atoms with Crippen LogP contribution in [0.25, 0.3) is 0 Å². The van der Waals surface area contributed by atoms with E-state index in [9.17, 15) is 18.4 Å². The maximum absolute atomic E-state index is 13.5. The van der Waals surface area contributed by atoms with Crippen LogP contribution in [0.2, 0.25) is 0 Å². The summed E-state index contributed by atoms with van der Waals surface area (Å²) in [6.45, 7) is 11.1. The Kier molecular flexibility index (Phi) is 12.3. The van der Waals surface area contributed by atoms with E-state index in [0.717, 1.165) is 17.4 Å². The molecule has 0 aliphatic heterocycles. The molecular formula is C23H32ClN3O5S. The third-order valence-corrected chi connectivity index (χ3v) is 6.86. The number of ether oxygens (including phenoxy) is 1. The Morgan fingerprint density at radius 2 is 1.67 bits per heavy atom. The highest BCUT2D eigenvalue weighted by molar-refractivity contribution is 7.89. The number of amides is 1. The zero-order chi connectivity index (χ0) is 25.0. The predicted octanol–water partition coefficient (Wildman–Crippen LogP) is 2.82. The molecule has 0 heterocycles. The Labute approximate surface area is 202 Å². The monoisotopic (exact) mass is 497 g/mol. The lowest BCUT2D eigenvalue weighted by Gasteiger charge is -2.31. The minimum absolute atomic E-state index is 0.0421. The molecule has 182 valence electrons. The van der Waals surface area contributed by atoms with Gasteiger partial charge in [-0.25, -0.2) is 8.42 Å². The minimum Gasteiger partial charge on any atom is -0.481 e. The summed E-state index contributed by atoms with van der Waals surface area (Å²) in [6, 6.07) is 4.55. The molecule has 33 heavy (non-hydrogen) atoms. The maximum Gasteiger partial charge on any atom is 0.280 e. The van der Waals surface area contributed by atoms with Gasteiger partial charge in [0.15, 0.2) is 0 Å². The van der Waals surface area contributed by atoms with Crippen LogP contribution in [0.4, 0.5) is 0 Å². The highest BCUT2D eigenvalue weighted by atomic mass is 35.5. The Morgan fingerprint density at radius 1 is 1.09 bits per heavy atom. The van der Waals surface area contributed by atoms with Crippen molar-refractivity contribution in [2.24, 2.45) is 5.92 Å². The van der Waals surface area contributed by atoms with Crippen LogP contribution in [-0.2, 0) is 14.8 Å². The average Bonchev–Trinajstić information content (AvgIpc) is 2.78. The van der Waals surface area contributed by atoms with E-state index in [0.29, 0.717) is 12.3 Å². The van der Waals surface area contributed by atoms with Gasteiger partial charge in [0.2, 0.25) is 10.0 Å². The molecule has 0 aliphatic carbocycles. The van der Waals surface area contributed by atoms with Crippen molar-refractivity contribution >= 4 is 27.7 Å². The van der Waals surface area contributed by atoms with Gasteiger partial charge >= 0.3 is 0 Å². The van der Waals surface area contributed by atoms with Crippen LogP contribution in [0.1, 0.15) is 34.6 Å². The maximum atomic E-state index is 13.5. The number of hydrogen-bond acceptors (Lipinski definition) is 6. The van der Waals surface area contributed by atoms with Crippen LogP contribution >= 0.6 is 11.8 Å². The Hall–Kier alpha value is -2.27. The fraction of sp³-hybridized carbons (Fsp3) is 0.522. The summed E-state index contributed by atoms with van der Waals surface area (Å²) in [5.74, 6) is 10.3. The molecule has 1 N–H and O–H groups in total. The second-order valence-electron chi connectivity index (χ2n) is 7.34. The normalized spacial score (nSPS) is 12.1. The Morgan fingerprint density at radius 3 is 2.15 bits per heavy atom. The van der Waals surface area contributed by atoms with Crippen molar-refractivity contribution in [3.05, 3.63) is 24.3 Å². The van der Waals surface area contributed by atoms with Crippen molar-refractivity contribution in [1.82, 2.24) is 13.8 Å². The summed E-state index contributed by atoms with van der Waals surface area (Å²) in [6.07, 6.45) is 0. The van der Waals surface area contributed by atoms with Gasteiger partial charge in [-0.05, 0) is 50.2 Å². The van der Waals surface area contributed by atoms with Crippen molar-refractivity contribution in [1.29, 1.82) is 0 Å². The van der Waals surface area contributed by atoms with Crippen LogP contribution in [0.3, 0.4) is 0 Å². The van der Waals surface area contributed by atoms with Gasteiger partial charge in [0, 0.05) is 11.8 Å². The van der Waals surface area contributed by atoms with Crippen molar-refractivity contribution in [3.8, 4) is 29.4 Å². The summed E-state index contributed by atoms with van der Waals surface area (Å²) < 4.78 is 33.3. The molecule has 0 fully saturated rings. The molecular weight excluding hydrogens is 466 g/mol. The number of carbonyl (C=O) groups excluding carboxylic acids is 1. The molecule has 1 unspecified atom stereocenters. The number of hydroxylamine groups is 1. The fourth-order valence-corrected chi connectivity index (χ4v) is 4.68. The second kappa shape index (κ2) is 14.1. The third kappa shape index (κ3) is 8.54. The van der Waals surface area contributed by atoms with Gasteiger partial charge < -0.3 is 4.74 Å². The lowest BCUT2D eigenvalue weighted by Crippen LogP contribution is -2.51. The molecule has 0 radical (unpaired) electrons. The first-order chi connectivity index (χ1) is 15.6. The van der Waals surface area contributed by atoms with E-state index in [1.807, 2.05) is 13.8 Å². The summed E-state index contributed by atoms with van der Waals surface area (Å²) in [7, 11) is -4.16.